The molecule has 1 aromatic carbocycles. The molecule has 2 rings (SSSR count). The largest absolute Gasteiger partial charge is 0.351 e. The third kappa shape index (κ3) is 5.22. The number of carbonyl (C=O) groups is 2. The van der Waals surface area contributed by atoms with E-state index in [1.54, 1.807) is 4.90 Å². The second kappa shape index (κ2) is 9.53. The van der Waals surface area contributed by atoms with Crippen LogP contribution in [-0.2, 0) is 11.3 Å². The zero-order valence-electron chi connectivity index (χ0n) is 13.8. The average molecular weight is 340 g/mol. The molecule has 1 aliphatic rings. The van der Waals surface area contributed by atoms with Gasteiger partial charge in [0.1, 0.15) is 0 Å². The van der Waals surface area contributed by atoms with E-state index in [4.69, 9.17) is 0 Å². The first-order valence-corrected chi connectivity index (χ1v) is 8.05. The Kier molecular flexibility index (Phi) is 8.06. The highest BCUT2D eigenvalue weighted by molar-refractivity contribution is 5.94. The fraction of sp³-hybridized carbons (Fsp3) is 0.529. The van der Waals surface area contributed by atoms with Gasteiger partial charge in [0.05, 0.1) is 6.04 Å². The number of benzene rings is 1. The molecule has 1 unspecified atom stereocenters. The number of carbonyl (C=O) groups excluding carboxylic acids is 2. The molecule has 0 radical (unpaired) electrons. The van der Waals surface area contributed by atoms with Gasteiger partial charge in [-0.1, -0.05) is 12.1 Å². The Bertz CT molecular complexity index is 509. The second-order valence-electron chi connectivity index (χ2n) is 5.54. The molecule has 1 fully saturated rings. The molecule has 23 heavy (non-hydrogen) atoms. The zero-order valence-corrected chi connectivity index (χ0v) is 14.6. The topological polar surface area (TPSA) is 61.4 Å². The standard InChI is InChI=1S/C17H25N3O2.ClH/c1-3-20(4-2)17(22)14-9-7-13(8-10-14)12-19-16(21)15-6-5-11-18-15;/h7-10,15,18H,3-6,11-12H2,1-2H3,(H,19,21);1H. The maximum atomic E-state index is 12.2. The van der Waals surface area contributed by atoms with Gasteiger partial charge in [0.15, 0.2) is 0 Å². The van der Waals surface area contributed by atoms with Crippen LogP contribution < -0.4 is 10.6 Å². The lowest BCUT2D eigenvalue weighted by atomic mass is 10.1. The summed E-state index contributed by atoms with van der Waals surface area (Å²) in [6.45, 7) is 6.78. The van der Waals surface area contributed by atoms with E-state index in [0.717, 1.165) is 24.9 Å². The molecular weight excluding hydrogens is 314 g/mol. The van der Waals surface area contributed by atoms with Crippen molar-refractivity contribution in [2.75, 3.05) is 19.6 Å². The molecule has 1 saturated heterocycles. The van der Waals surface area contributed by atoms with Gasteiger partial charge in [0.2, 0.25) is 5.91 Å². The lowest BCUT2D eigenvalue weighted by molar-refractivity contribution is -0.122. The summed E-state index contributed by atoms with van der Waals surface area (Å²) >= 11 is 0. The van der Waals surface area contributed by atoms with Gasteiger partial charge in [-0.15, -0.1) is 12.4 Å². The molecule has 2 N–H and O–H groups in total. The summed E-state index contributed by atoms with van der Waals surface area (Å²) in [6, 6.07) is 7.41. The highest BCUT2D eigenvalue weighted by Gasteiger charge is 2.21. The van der Waals surface area contributed by atoms with Crippen molar-refractivity contribution >= 4 is 24.2 Å². The van der Waals surface area contributed by atoms with E-state index < -0.39 is 0 Å². The van der Waals surface area contributed by atoms with Crippen molar-refractivity contribution in [1.82, 2.24) is 15.5 Å². The van der Waals surface area contributed by atoms with Crippen LogP contribution in [0, 0.1) is 0 Å². The maximum Gasteiger partial charge on any atom is 0.253 e. The number of hydrogen-bond acceptors (Lipinski definition) is 3. The van der Waals surface area contributed by atoms with Crippen LogP contribution in [0.25, 0.3) is 0 Å². The predicted octanol–water partition coefficient (Wildman–Crippen LogP) is 1.96. The Hall–Kier alpha value is -1.59. The minimum atomic E-state index is -0.0523. The number of nitrogens with zero attached hydrogens (tertiary/aromatic N) is 1. The Labute approximate surface area is 144 Å². The van der Waals surface area contributed by atoms with Gasteiger partial charge in [0.25, 0.3) is 5.91 Å². The van der Waals surface area contributed by atoms with E-state index in [9.17, 15) is 9.59 Å². The lowest BCUT2D eigenvalue weighted by Crippen LogP contribution is -2.40. The highest BCUT2D eigenvalue weighted by atomic mass is 35.5. The Morgan fingerprint density at radius 1 is 1.22 bits per heavy atom. The molecule has 5 nitrogen and oxygen atoms in total. The van der Waals surface area contributed by atoms with E-state index >= 15 is 0 Å². The van der Waals surface area contributed by atoms with Crippen LogP contribution in [-0.4, -0.2) is 42.4 Å². The van der Waals surface area contributed by atoms with Crippen molar-refractivity contribution in [2.45, 2.75) is 39.3 Å². The lowest BCUT2D eigenvalue weighted by Gasteiger charge is -2.18. The molecule has 0 aliphatic carbocycles. The summed E-state index contributed by atoms with van der Waals surface area (Å²) in [5, 5.41) is 6.12. The Balaban J connectivity index is 0.00000264. The molecule has 1 aliphatic heterocycles. The van der Waals surface area contributed by atoms with Crippen molar-refractivity contribution in [2.24, 2.45) is 0 Å². The highest BCUT2D eigenvalue weighted by Crippen LogP contribution is 2.09. The fourth-order valence-corrected chi connectivity index (χ4v) is 2.68. The van der Waals surface area contributed by atoms with E-state index in [1.807, 2.05) is 38.1 Å². The molecule has 0 saturated carbocycles. The zero-order chi connectivity index (χ0) is 15.9. The van der Waals surface area contributed by atoms with E-state index in [-0.39, 0.29) is 30.3 Å². The molecular formula is C17H26ClN3O2. The Morgan fingerprint density at radius 3 is 2.39 bits per heavy atom. The minimum absolute atomic E-state index is 0. The quantitative estimate of drug-likeness (QED) is 0.833. The molecule has 1 atom stereocenters. The van der Waals surface area contributed by atoms with Gasteiger partial charge < -0.3 is 15.5 Å². The van der Waals surface area contributed by atoms with Crippen LogP contribution in [0.15, 0.2) is 24.3 Å². The van der Waals surface area contributed by atoms with Crippen LogP contribution in [0.4, 0.5) is 0 Å². The SMILES string of the molecule is CCN(CC)C(=O)c1ccc(CNC(=O)C2CCCN2)cc1.Cl. The first-order chi connectivity index (χ1) is 10.7. The van der Waals surface area contributed by atoms with E-state index in [2.05, 4.69) is 10.6 Å². The van der Waals surface area contributed by atoms with E-state index in [0.29, 0.717) is 25.2 Å². The molecule has 2 amide bonds. The number of rotatable bonds is 6. The van der Waals surface area contributed by atoms with Crippen LogP contribution in [0.3, 0.4) is 0 Å². The van der Waals surface area contributed by atoms with Gasteiger partial charge in [-0.05, 0) is 50.9 Å². The van der Waals surface area contributed by atoms with Crippen molar-refractivity contribution in [3.63, 3.8) is 0 Å². The third-order valence-corrected chi connectivity index (χ3v) is 4.10. The monoisotopic (exact) mass is 339 g/mol. The predicted molar refractivity (Wildman–Crippen MR) is 93.8 cm³/mol. The molecule has 0 aromatic heterocycles. The van der Waals surface area contributed by atoms with Crippen LogP contribution in [0.2, 0.25) is 0 Å². The van der Waals surface area contributed by atoms with Gasteiger partial charge in [-0.3, -0.25) is 9.59 Å². The van der Waals surface area contributed by atoms with Gasteiger partial charge in [-0.25, -0.2) is 0 Å². The van der Waals surface area contributed by atoms with Gasteiger partial charge in [0, 0.05) is 25.2 Å². The number of amides is 2. The maximum absolute atomic E-state index is 12.2. The molecule has 1 aromatic rings. The summed E-state index contributed by atoms with van der Waals surface area (Å²) in [7, 11) is 0. The molecule has 128 valence electrons. The second-order valence-corrected chi connectivity index (χ2v) is 5.54. The van der Waals surface area contributed by atoms with Crippen LogP contribution >= 0.6 is 12.4 Å². The van der Waals surface area contributed by atoms with Crippen LogP contribution in [0.5, 0.6) is 0 Å². The van der Waals surface area contributed by atoms with Crippen molar-refractivity contribution in [3.8, 4) is 0 Å². The first-order valence-electron chi connectivity index (χ1n) is 8.05. The molecule has 1 heterocycles. The number of hydrogen-bond donors (Lipinski definition) is 2. The normalized spacial score (nSPS) is 16.5. The molecule has 6 heteroatoms. The minimum Gasteiger partial charge on any atom is -0.351 e. The van der Waals surface area contributed by atoms with Gasteiger partial charge in [-0.2, -0.15) is 0 Å². The fourth-order valence-electron chi connectivity index (χ4n) is 2.68. The first kappa shape index (κ1) is 19.5. The molecule has 0 bridgehead atoms. The summed E-state index contributed by atoms with van der Waals surface area (Å²) < 4.78 is 0. The van der Waals surface area contributed by atoms with Crippen molar-refractivity contribution in [1.29, 1.82) is 0 Å². The molecule has 0 spiro atoms. The van der Waals surface area contributed by atoms with Gasteiger partial charge >= 0.3 is 0 Å². The summed E-state index contributed by atoms with van der Waals surface area (Å²) in [5.41, 5.74) is 1.69. The van der Waals surface area contributed by atoms with Crippen molar-refractivity contribution in [3.05, 3.63) is 35.4 Å². The van der Waals surface area contributed by atoms with Crippen molar-refractivity contribution < 1.29 is 9.59 Å². The smallest absolute Gasteiger partial charge is 0.253 e. The summed E-state index contributed by atoms with van der Waals surface area (Å²) in [4.78, 5) is 25.9. The Morgan fingerprint density at radius 2 is 1.87 bits per heavy atom. The summed E-state index contributed by atoms with van der Waals surface area (Å²) in [6.07, 6.45) is 1.96. The van der Waals surface area contributed by atoms with E-state index in [1.165, 1.54) is 0 Å². The summed E-state index contributed by atoms with van der Waals surface area (Å²) in [5.74, 6) is 0.108. The average Bonchev–Trinajstić information content (AvgIpc) is 3.08. The van der Waals surface area contributed by atoms with Crippen LogP contribution in [0.1, 0.15) is 42.6 Å². The third-order valence-electron chi connectivity index (χ3n) is 4.10. The number of nitrogens with one attached hydrogen (secondary N) is 2. The number of halogens is 1.